The molecule has 0 unspecified atom stereocenters. The third-order valence-electron chi connectivity index (χ3n) is 2.95. The van der Waals surface area contributed by atoms with Gasteiger partial charge in [-0.15, -0.1) is 0 Å². The van der Waals surface area contributed by atoms with Gasteiger partial charge >= 0.3 is 5.97 Å². The number of anilines is 1. The number of benzene rings is 1. The number of esters is 1. The first kappa shape index (κ1) is 13.9. The summed E-state index contributed by atoms with van der Waals surface area (Å²) in [5.74, 6) is 0.611. The third kappa shape index (κ3) is 2.59. The first-order valence-electron chi connectivity index (χ1n) is 6.09. The first-order chi connectivity index (χ1) is 9.42. The van der Waals surface area contributed by atoms with Crippen LogP contribution < -0.4 is 10.5 Å². The van der Waals surface area contributed by atoms with Gasteiger partial charge in [0.1, 0.15) is 5.75 Å². The second-order valence-electron chi connectivity index (χ2n) is 4.54. The van der Waals surface area contributed by atoms with Crippen molar-refractivity contribution >= 4 is 11.7 Å². The van der Waals surface area contributed by atoms with Crippen molar-refractivity contribution < 1.29 is 14.3 Å². The highest BCUT2D eigenvalue weighted by Crippen LogP contribution is 2.28. The molecule has 2 aromatic rings. The molecule has 0 atom stereocenters. The summed E-state index contributed by atoms with van der Waals surface area (Å²) in [6, 6.07) is 5.14. The van der Waals surface area contributed by atoms with Crippen molar-refractivity contribution in [3.63, 3.8) is 0 Å². The van der Waals surface area contributed by atoms with Crippen molar-refractivity contribution in [1.82, 2.24) is 9.78 Å². The Balaban J connectivity index is 2.40. The molecule has 0 spiro atoms. The Morgan fingerprint density at radius 3 is 2.55 bits per heavy atom. The molecule has 0 aliphatic heterocycles. The number of rotatable bonds is 3. The lowest BCUT2D eigenvalue weighted by Crippen LogP contribution is -2.07. The smallest absolute Gasteiger partial charge is 0.340 e. The molecule has 0 fully saturated rings. The zero-order chi connectivity index (χ0) is 14.9. The van der Waals surface area contributed by atoms with Gasteiger partial charge < -0.3 is 15.2 Å². The van der Waals surface area contributed by atoms with Crippen LogP contribution in [0.2, 0.25) is 0 Å². The van der Waals surface area contributed by atoms with Crippen LogP contribution in [0, 0.1) is 13.8 Å². The Morgan fingerprint density at radius 2 is 2.00 bits per heavy atom. The van der Waals surface area contributed by atoms with E-state index in [1.54, 1.807) is 23.9 Å². The molecule has 0 saturated heterocycles. The summed E-state index contributed by atoms with van der Waals surface area (Å²) in [6.45, 7) is 3.68. The van der Waals surface area contributed by atoms with Gasteiger partial charge in [0.25, 0.3) is 0 Å². The zero-order valence-corrected chi connectivity index (χ0v) is 11.9. The molecule has 2 N–H and O–H groups in total. The van der Waals surface area contributed by atoms with E-state index in [1.807, 2.05) is 19.9 Å². The molecule has 2 rings (SSSR count). The number of carbonyl (C=O) groups is 1. The van der Waals surface area contributed by atoms with Gasteiger partial charge in [0.15, 0.2) is 0 Å². The van der Waals surface area contributed by atoms with E-state index < -0.39 is 5.97 Å². The van der Waals surface area contributed by atoms with Crippen molar-refractivity contribution in [2.24, 2.45) is 7.05 Å². The Bertz CT molecular complexity index is 662. The van der Waals surface area contributed by atoms with Gasteiger partial charge in [-0.2, -0.15) is 5.10 Å². The number of aromatic nitrogens is 2. The number of carbonyl (C=O) groups excluding carboxylic acids is 1. The summed E-state index contributed by atoms with van der Waals surface area (Å²) < 4.78 is 12.1. The summed E-state index contributed by atoms with van der Waals surface area (Å²) in [5, 5.41) is 4.20. The molecule has 1 heterocycles. The van der Waals surface area contributed by atoms with E-state index >= 15 is 0 Å². The minimum absolute atomic E-state index is 0.293. The van der Waals surface area contributed by atoms with Crippen LogP contribution in [0.15, 0.2) is 18.2 Å². The molecule has 0 radical (unpaired) electrons. The molecule has 0 aliphatic carbocycles. The molecule has 106 valence electrons. The highest BCUT2D eigenvalue weighted by atomic mass is 16.5. The van der Waals surface area contributed by atoms with Crippen LogP contribution in [0.4, 0.5) is 5.69 Å². The van der Waals surface area contributed by atoms with Crippen molar-refractivity contribution in [1.29, 1.82) is 0 Å². The standard InChI is InChI=1S/C14H17N3O3/c1-8-5-10(7-11(13(8)15)14(18)19-4)20-12-6-9(2)16-17(12)3/h5-7H,15H2,1-4H3. The maximum absolute atomic E-state index is 11.7. The van der Waals surface area contributed by atoms with Crippen LogP contribution in [0.25, 0.3) is 0 Å². The van der Waals surface area contributed by atoms with E-state index in [0.29, 0.717) is 22.9 Å². The average Bonchev–Trinajstić information content (AvgIpc) is 2.71. The molecule has 6 heteroatoms. The van der Waals surface area contributed by atoms with Crippen LogP contribution >= 0.6 is 0 Å². The second kappa shape index (κ2) is 5.24. The lowest BCUT2D eigenvalue weighted by Gasteiger charge is -2.11. The van der Waals surface area contributed by atoms with Crippen molar-refractivity contribution in [3.05, 3.63) is 35.0 Å². The third-order valence-corrected chi connectivity index (χ3v) is 2.95. The van der Waals surface area contributed by atoms with Crippen LogP contribution in [-0.4, -0.2) is 22.9 Å². The van der Waals surface area contributed by atoms with Gasteiger partial charge in [-0.25, -0.2) is 9.48 Å². The van der Waals surface area contributed by atoms with Crippen molar-refractivity contribution in [3.8, 4) is 11.6 Å². The Kier molecular flexibility index (Phi) is 3.65. The molecule has 1 aromatic heterocycles. The molecule has 0 amide bonds. The molecule has 0 saturated carbocycles. The van der Waals surface area contributed by atoms with Crippen LogP contribution in [0.3, 0.4) is 0 Å². The Hall–Kier alpha value is -2.50. The monoisotopic (exact) mass is 275 g/mol. The minimum atomic E-state index is -0.489. The summed E-state index contributed by atoms with van der Waals surface area (Å²) in [6.07, 6.45) is 0. The number of nitrogens with two attached hydrogens (primary N) is 1. The Labute approximate surface area is 117 Å². The fraction of sp³-hybridized carbons (Fsp3) is 0.286. The predicted octanol–water partition coefficient (Wildman–Crippen LogP) is 2.20. The van der Waals surface area contributed by atoms with Crippen LogP contribution in [-0.2, 0) is 11.8 Å². The second-order valence-corrected chi connectivity index (χ2v) is 4.54. The van der Waals surface area contributed by atoms with Crippen LogP contribution in [0.5, 0.6) is 11.6 Å². The lowest BCUT2D eigenvalue weighted by molar-refractivity contribution is 0.0601. The quantitative estimate of drug-likeness (QED) is 0.686. The van der Waals surface area contributed by atoms with Gasteiger partial charge in [0.05, 0.1) is 18.4 Å². The van der Waals surface area contributed by atoms with Gasteiger partial charge in [-0.05, 0) is 31.5 Å². The van der Waals surface area contributed by atoms with Crippen LogP contribution in [0.1, 0.15) is 21.6 Å². The average molecular weight is 275 g/mol. The largest absolute Gasteiger partial charge is 0.465 e. The fourth-order valence-electron chi connectivity index (χ4n) is 1.91. The van der Waals surface area contributed by atoms with Crippen molar-refractivity contribution in [2.75, 3.05) is 12.8 Å². The number of nitrogens with zero attached hydrogens (tertiary/aromatic N) is 2. The molecule has 6 nitrogen and oxygen atoms in total. The molecule has 0 bridgehead atoms. The van der Waals surface area contributed by atoms with Gasteiger partial charge in [0, 0.05) is 18.8 Å². The lowest BCUT2D eigenvalue weighted by atomic mass is 10.1. The maximum Gasteiger partial charge on any atom is 0.340 e. The summed E-state index contributed by atoms with van der Waals surface area (Å²) in [4.78, 5) is 11.7. The number of hydrogen-bond acceptors (Lipinski definition) is 5. The van der Waals surface area contributed by atoms with Gasteiger partial charge in [0.2, 0.25) is 5.88 Å². The van der Waals surface area contributed by atoms with Gasteiger partial charge in [-0.3, -0.25) is 0 Å². The minimum Gasteiger partial charge on any atom is -0.465 e. The fourth-order valence-corrected chi connectivity index (χ4v) is 1.91. The summed E-state index contributed by atoms with van der Waals surface area (Å²) >= 11 is 0. The van der Waals surface area contributed by atoms with Gasteiger partial charge in [-0.1, -0.05) is 0 Å². The zero-order valence-electron chi connectivity index (χ0n) is 11.9. The number of ether oxygens (including phenoxy) is 2. The topological polar surface area (TPSA) is 79.4 Å². The normalized spacial score (nSPS) is 10.4. The molecule has 1 aromatic carbocycles. The summed E-state index contributed by atoms with van der Waals surface area (Å²) in [5.41, 5.74) is 8.17. The van der Waals surface area contributed by atoms with Crippen molar-refractivity contribution in [2.45, 2.75) is 13.8 Å². The summed E-state index contributed by atoms with van der Waals surface area (Å²) in [7, 11) is 3.10. The van der Waals surface area contributed by atoms with E-state index in [0.717, 1.165) is 11.3 Å². The molecular formula is C14H17N3O3. The molecular weight excluding hydrogens is 258 g/mol. The number of aryl methyl sites for hydroxylation is 3. The van der Waals surface area contributed by atoms with E-state index in [1.165, 1.54) is 7.11 Å². The highest BCUT2D eigenvalue weighted by molar-refractivity contribution is 5.96. The van der Waals surface area contributed by atoms with E-state index in [9.17, 15) is 4.79 Å². The maximum atomic E-state index is 11.7. The van der Waals surface area contributed by atoms with E-state index in [-0.39, 0.29) is 0 Å². The predicted molar refractivity (Wildman–Crippen MR) is 74.9 cm³/mol. The SMILES string of the molecule is COC(=O)c1cc(Oc2cc(C)nn2C)cc(C)c1N. The van der Waals surface area contributed by atoms with E-state index in [4.69, 9.17) is 15.2 Å². The number of hydrogen-bond donors (Lipinski definition) is 1. The molecule has 20 heavy (non-hydrogen) atoms. The number of methoxy groups -OCH3 is 1. The Morgan fingerprint density at radius 1 is 1.30 bits per heavy atom. The van der Waals surface area contributed by atoms with E-state index in [2.05, 4.69) is 5.10 Å². The first-order valence-corrected chi connectivity index (χ1v) is 6.09. The molecule has 0 aliphatic rings. The highest BCUT2D eigenvalue weighted by Gasteiger charge is 2.15. The number of nitrogen functional groups attached to an aromatic ring is 1.